The van der Waals surface area contributed by atoms with Gasteiger partial charge in [-0.15, -0.1) is 0 Å². The van der Waals surface area contributed by atoms with Crippen molar-refractivity contribution < 1.29 is 9.47 Å². The van der Waals surface area contributed by atoms with E-state index in [1.54, 1.807) is 0 Å². The summed E-state index contributed by atoms with van der Waals surface area (Å²) in [5.74, 6) is 2.74. The molecule has 1 spiro atoms. The normalized spacial score (nSPS) is 12.8. The molecule has 14 rings (SSSR count). The third-order valence-electron chi connectivity index (χ3n) is 14.5. The van der Waals surface area contributed by atoms with E-state index in [-0.39, 0.29) is 0 Å². The molecule has 0 amide bonds. The van der Waals surface area contributed by atoms with E-state index in [9.17, 15) is 0 Å². The fourth-order valence-electron chi connectivity index (χ4n) is 11.5. The lowest BCUT2D eigenvalue weighted by Gasteiger charge is -2.32. The van der Waals surface area contributed by atoms with Gasteiger partial charge in [0.25, 0.3) is 0 Å². The molecule has 71 heavy (non-hydrogen) atoms. The Balaban J connectivity index is 0.923. The number of ether oxygens (including phenoxy) is 2. The van der Waals surface area contributed by atoms with Gasteiger partial charge in [0.15, 0.2) is 23.0 Å². The second kappa shape index (κ2) is 16.4. The van der Waals surface area contributed by atoms with Crippen molar-refractivity contribution in [3.8, 4) is 67.5 Å². The number of anilines is 6. The standard InChI is InChI=1S/C67H44N2O2/c1-5-19-47(20-6-1)68(48-21-7-2-8-22-48)51-37-33-45(34-38-51)53-41-42-54(46-35-39-52(40-36-46)69(49-23-9-3-10-24-49)50-25-11-4-12-26-50)66-65(53)70-63-43-58-57-29-15-18-32-61(57)67(62(58)44-64(63)71-66)59-30-16-13-27-55(59)56-28-14-17-31-60(56)67/h1-44H. The van der Waals surface area contributed by atoms with Gasteiger partial charge in [0, 0.05) is 45.3 Å². The minimum atomic E-state index is -0.517. The summed E-state index contributed by atoms with van der Waals surface area (Å²) >= 11 is 0. The lowest BCUT2D eigenvalue weighted by Crippen LogP contribution is -2.25. The topological polar surface area (TPSA) is 24.9 Å². The van der Waals surface area contributed by atoms with Gasteiger partial charge in [-0.25, -0.2) is 0 Å². The van der Waals surface area contributed by atoms with E-state index in [0.29, 0.717) is 23.0 Å². The van der Waals surface area contributed by atoms with Crippen molar-refractivity contribution in [3.05, 3.63) is 289 Å². The molecule has 11 aromatic rings. The number of nitrogens with zero attached hydrogens (tertiary/aromatic N) is 2. The Morgan fingerprint density at radius 1 is 0.239 bits per heavy atom. The van der Waals surface area contributed by atoms with Crippen molar-refractivity contribution in [2.24, 2.45) is 0 Å². The predicted molar refractivity (Wildman–Crippen MR) is 290 cm³/mol. The van der Waals surface area contributed by atoms with E-state index in [0.717, 1.165) is 61.9 Å². The minimum Gasteiger partial charge on any atom is -0.449 e. The summed E-state index contributed by atoms with van der Waals surface area (Å²) in [6.45, 7) is 0. The van der Waals surface area contributed by atoms with Crippen LogP contribution in [0.2, 0.25) is 0 Å². The number of fused-ring (bicyclic) bond motifs is 12. The number of hydrogen-bond acceptors (Lipinski definition) is 4. The van der Waals surface area contributed by atoms with E-state index < -0.39 is 5.41 Å². The van der Waals surface area contributed by atoms with Crippen LogP contribution in [0.3, 0.4) is 0 Å². The Morgan fingerprint density at radius 2 is 0.549 bits per heavy atom. The van der Waals surface area contributed by atoms with Gasteiger partial charge in [-0.2, -0.15) is 0 Å². The Bertz CT molecular complexity index is 3670. The maximum atomic E-state index is 7.38. The molecule has 1 heterocycles. The zero-order valence-corrected chi connectivity index (χ0v) is 38.6. The Kier molecular flexibility index (Phi) is 9.39. The van der Waals surface area contributed by atoms with Gasteiger partial charge in [-0.3, -0.25) is 0 Å². The fourth-order valence-corrected chi connectivity index (χ4v) is 11.5. The van der Waals surface area contributed by atoms with Crippen LogP contribution in [-0.4, -0.2) is 0 Å². The van der Waals surface area contributed by atoms with Crippen molar-refractivity contribution in [3.63, 3.8) is 0 Å². The molecule has 2 aliphatic carbocycles. The highest BCUT2D eigenvalue weighted by molar-refractivity contribution is 5.96. The molecule has 0 saturated heterocycles. The summed E-state index contributed by atoms with van der Waals surface area (Å²) in [5, 5.41) is 0. The van der Waals surface area contributed by atoms with E-state index in [2.05, 4.69) is 277 Å². The van der Waals surface area contributed by atoms with Crippen LogP contribution in [0.1, 0.15) is 22.3 Å². The molecular weight excluding hydrogens is 865 g/mol. The lowest BCUT2D eigenvalue weighted by atomic mass is 9.70. The van der Waals surface area contributed by atoms with Crippen LogP contribution in [0.15, 0.2) is 267 Å². The van der Waals surface area contributed by atoms with Gasteiger partial charge in [0.1, 0.15) is 0 Å². The quantitative estimate of drug-likeness (QED) is 0.152. The smallest absolute Gasteiger partial charge is 0.178 e. The molecule has 4 heteroatoms. The zero-order valence-electron chi connectivity index (χ0n) is 38.6. The first-order valence-electron chi connectivity index (χ1n) is 24.2. The molecule has 0 atom stereocenters. The molecule has 0 bridgehead atoms. The van der Waals surface area contributed by atoms with Gasteiger partial charge in [-0.1, -0.05) is 170 Å². The molecule has 3 aliphatic rings. The van der Waals surface area contributed by atoms with Crippen molar-refractivity contribution in [2.75, 3.05) is 9.80 Å². The van der Waals surface area contributed by atoms with E-state index in [1.165, 1.54) is 38.9 Å². The summed E-state index contributed by atoms with van der Waals surface area (Å²) in [5.41, 5.74) is 19.8. The van der Waals surface area contributed by atoms with Gasteiger partial charge in [-0.05, 0) is 153 Å². The van der Waals surface area contributed by atoms with E-state index >= 15 is 0 Å². The third kappa shape index (κ3) is 6.39. The molecule has 0 aromatic heterocycles. The van der Waals surface area contributed by atoms with Crippen molar-refractivity contribution in [1.29, 1.82) is 0 Å². The Labute approximate surface area is 413 Å². The number of benzene rings is 11. The number of rotatable bonds is 8. The van der Waals surface area contributed by atoms with Crippen molar-refractivity contribution in [1.82, 2.24) is 0 Å². The van der Waals surface area contributed by atoms with Crippen LogP contribution in [-0.2, 0) is 5.41 Å². The molecular formula is C67H44N2O2. The SMILES string of the molecule is c1ccc(N(c2ccccc2)c2ccc(-c3ccc(-c4ccc(N(c5ccccc5)c5ccccc5)cc4)c4c3Oc3cc5c(cc3O4)C3(c4ccccc4-c4ccccc43)c3ccccc3-5)cc2)cc1. The average molecular weight is 909 g/mol. The first kappa shape index (κ1) is 40.7. The van der Waals surface area contributed by atoms with Crippen LogP contribution >= 0.6 is 0 Å². The fraction of sp³-hybridized carbons (Fsp3) is 0.0149. The molecule has 0 saturated carbocycles. The second-order valence-corrected chi connectivity index (χ2v) is 18.4. The minimum absolute atomic E-state index is 0.517. The van der Waals surface area contributed by atoms with Gasteiger partial charge in [0.2, 0.25) is 0 Å². The lowest BCUT2D eigenvalue weighted by molar-refractivity contribution is 0.361. The molecule has 0 radical (unpaired) electrons. The number of para-hydroxylation sites is 4. The van der Waals surface area contributed by atoms with Crippen LogP contribution in [0.5, 0.6) is 23.0 Å². The van der Waals surface area contributed by atoms with E-state index in [4.69, 9.17) is 9.47 Å². The predicted octanol–water partition coefficient (Wildman–Crippen LogP) is 18.2. The van der Waals surface area contributed by atoms with Gasteiger partial charge < -0.3 is 19.3 Å². The highest BCUT2D eigenvalue weighted by Crippen LogP contribution is 2.65. The molecule has 4 nitrogen and oxygen atoms in total. The highest BCUT2D eigenvalue weighted by atomic mass is 16.6. The largest absolute Gasteiger partial charge is 0.449 e. The molecule has 0 N–H and O–H groups in total. The molecule has 0 unspecified atom stereocenters. The van der Waals surface area contributed by atoms with Gasteiger partial charge >= 0.3 is 0 Å². The maximum absolute atomic E-state index is 7.38. The van der Waals surface area contributed by atoms with E-state index in [1.807, 2.05) is 0 Å². The second-order valence-electron chi connectivity index (χ2n) is 18.4. The molecule has 1 aliphatic heterocycles. The summed E-state index contributed by atoms with van der Waals surface area (Å²) in [6.07, 6.45) is 0. The summed E-state index contributed by atoms with van der Waals surface area (Å²) in [6, 6.07) is 95.1. The van der Waals surface area contributed by atoms with Crippen LogP contribution < -0.4 is 19.3 Å². The first-order chi connectivity index (χ1) is 35.2. The number of hydrogen-bond donors (Lipinski definition) is 0. The Hall–Kier alpha value is -9.38. The summed E-state index contributed by atoms with van der Waals surface area (Å²) in [7, 11) is 0. The average Bonchev–Trinajstić information content (AvgIpc) is 3.91. The van der Waals surface area contributed by atoms with Crippen molar-refractivity contribution >= 4 is 34.1 Å². The first-order valence-corrected chi connectivity index (χ1v) is 24.2. The summed E-state index contributed by atoms with van der Waals surface area (Å²) in [4.78, 5) is 4.57. The zero-order chi connectivity index (χ0) is 46.9. The van der Waals surface area contributed by atoms with Crippen LogP contribution in [0.25, 0.3) is 44.5 Å². The summed E-state index contributed by atoms with van der Waals surface area (Å²) < 4.78 is 14.7. The van der Waals surface area contributed by atoms with Crippen LogP contribution in [0.4, 0.5) is 34.1 Å². The van der Waals surface area contributed by atoms with Crippen LogP contribution in [0, 0.1) is 0 Å². The maximum Gasteiger partial charge on any atom is 0.178 e. The highest BCUT2D eigenvalue weighted by Gasteiger charge is 2.52. The Morgan fingerprint density at radius 3 is 0.930 bits per heavy atom. The van der Waals surface area contributed by atoms with Gasteiger partial charge in [0.05, 0.1) is 5.41 Å². The molecule has 334 valence electrons. The van der Waals surface area contributed by atoms with Crippen molar-refractivity contribution in [2.45, 2.75) is 5.41 Å². The molecule has 11 aromatic carbocycles. The monoisotopic (exact) mass is 908 g/mol. The molecule has 0 fully saturated rings. The third-order valence-corrected chi connectivity index (χ3v) is 14.5.